The van der Waals surface area contributed by atoms with Crippen LogP contribution in [-0.4, -0.2) is 19.8 Å². The molecular formula is C32H42N4O3S2. The number of benzene rings is 1. The van der Waals surface area contributed by atoms with Crippen molar-refractivity contribution in [3.05, 3.63) is 38.8 Å². The Morgan fingerprint density at radius 2 is 1.56 bits per heavy atom. The summed E-state index contributed by atoms with van der Waals surface area (Å²) in [4.78, 5) is 14.3. The van der Waals surface area contributed by atoms with Gasteiger partial charge in [-0.2, -0.15) is 0 Å². The van der Waals surface area contributed by atoms with E-state index in [0.717, 1.165) is 23.8 Å². The molecule has 0 aliphatic rings. The molecule has 4 heterocycles. The second kappa shape index (κ2) is 10.8. The van der Waals surface area contributed by atoms with Crippen LogP contribution in [0.2, 0.25) is 0 Å². The number of fused-ring (bicyclic) bond motifs is 4. The molecule has 0 saturated carbocycles. The van der Waals surface area contributed by atoms with Crippen LogP contribution in [-0.2, 0) is 17.4 Å². The lowest BCUT2D eigenvalue weighted by Crippen LogP contribution is -2.15. The van der Waals surface area contributed by atoms with Crippen molar-refractivity contribution in [3.63, 3.8) is 0 Å². The predicted octanol–water partition coefficient (Wildman–Crippen LogP) is 10.5. The zero-order chi connectivity index (χ0) is 29.9. The molecular weight excluding hydrogens is 553 g/mol. The fourth-order valence-electron chi connectivity index (χ4n) is 5.73. The fourth-order valence-corrected chi connectivity index (χ4v) is 8.27. The number of thiophene rings is 2. The quantitative estimate of drug-likeness (QED) is 0.125. The highest BCUT2D eigenvalue weighted by Crippen LogP contribution is 2.48. The minimum absolute atomic E-state index is 0.0585. The van der Waals surface area contributed by atoms with Gasteiger partial charge in [0.25, 0.3) is 5.69 Å². The number of hydrogen-bond donors (Lipinski definition) is 0. The zero-order valence-electron chi connectivity index (χ0n) is 25.8. The average Bonchev–Trinajstić information content (AvgIpc) is 3.62. The summed E-state index contributed by atoms with van der Waals surface area (Å²) < 4.78 is 10.2. The van der Waals surface area contributed by atoms with E-state index in [4.69, 9.17) is 4.63 Å². The second-order valence-corrected chi connectivity index (χ2v) is 16.2. The summed E-state index contributed by atoms with van der Waals surface area (Å²) in [5, 5.41) is 20.6. The van der Waals surface area contributed by atoms with Gasteiger partial charge in [0.15, 0.2) is 0 Å². The van der Waals surface area contributed by atoms with Crippen LogP contribution in [0.25, 0.3) is 41.9 Å². The van der Waals surface area contributed by atoms with Crippen molar-refractivity contribution in [1.82, 2.24) is 14.9 Å². The molecule has 0 aliphatic carbocycles. The standard InChI is InChI=1S/C32H42N4O3S2/c1-18(2)11-10-12-19(3)13-14-35-22-16-24(40-29(22)30-23(35)17-25(41-30)31(4,5)6)20-15-21(36(37)38)26(32(7,8)9)28-27(20)33-39-34-28/h15-19H,10-14H2,1-9H3. The first kappa shape index (κ1) is 29.7. The monoisotopic (exact) mass is 594 g/mol. The molecule has 1 aromatic carbocycles. The number of nitro benzene ring substituents is 1. The molecule has 220 valence electrons. The van der Waals surface area contributed by atoms with E-state index >= 15 is 0 Å². The highest BCUT2D eigenvalue weighted by Gasteiger charge is 2.33. The molecule has 0 spiro atoms. The van der Waals surface area contributed by atoms with Crippen molar-refractivity contribution >= 4 is 59.8 Å². The molecule has 0 amide bonds. The maximum atomic E-state index is 12.3. The van der Waals surface area contributed by atoms with Gasteiger partial charge in [0.2, 0.25) is 0 Å². The molecule has 0 radical (unpaired) electrons. The van der Waals surface area contributed by atoms with Gasteiger partial charge in [0.1, 0.15) is 11.0 Å². The van der Waals surface area contributed by atoms with Crippen LogP contribution in [0.15, 0.2) is 22.8 Å². The Balaban J connectivity index is 1.64. The van der Waals surface area contributed by atoms with Crippen molar-refractivity contribution in [1.29, 1.82) is 0 Å². The van der Waals surface area contributed by atoms with Gasteiger partial charge in [-0.3, -0.25) is 10.1 Å². The third-order valence-electron chi connectivity index (χ3n) is 8.01. The van der Waals surface area contributed by atoms with Crippen LogP contribution in [0.1, 0.15) is 98.4 Å². The summed E-state index contributed by atoms with van der Waals surface area (Å²) in [6.07, 6.45) is 4.92. The van der Waals surface area contributed by atoms with Crippen LogP contribution in [0, 0.1) is 22.0 Å². The summed E-state index contributed by atoms with van der Waals surface area (Å²) in [5.41, 5.74) is 4.41. The molecule has 0 fully saturated rings. The van der Waals surface area contributed by atoms with E-state index in [0.29, 0.717) is 28.1 Å². The Morgan fingerprint density at radius 1 is 0.902 bits per heavy atom. The van der Waals surface area contributed by atoms with E-state index in [1.165, 1.54) is 44.6 Å². The van der Waals surface area contributed by atoms with Gasteiger partial charge in [-0.05, 0) is 51.5 Å². The Labute approximate surface area is 250 Å². The van der Waals surface area contributed by atoms with Crippen LogP contribution in [0.4, 0.5) is 5.69 Å². The predicted molar refractivity (Wildman–Crippen MR) is 173 cm³/mol. The smallest absolute Gasteiger partial charge is 0.276 e. The second-order valence-electron chi connectivity index (χ2n) is 14.1. The Hall–Kier alpha value is -2.78. The van der Waals surface area contributed by atoms with E-state index in [1.807, 2.05) is 32.1 Å². The summed E-state index contributed by atoms with van der Waals surface area (Å²) >= 11 is 3.55. The first-order chi connectivity index (χ1) is 19.2. The van der Waals surface area contributed by atoms with Gasteiger partial charge in [-0.15, -0.1) is 22.7 Å². The van der Waals surface area contributed by atoms with Crippen LogP contribution >= 0.6 is 22.7 Å². The molecule has 9 heteroatoms. The van der Waals surface area contributed by atoms with Gasteiger partial charge in [-0.25, -0.2) is 4.63 Å². The Kier molecular flexibility index (Phi) is 7.83. The maximum Gasteiger partial charge on any atom is 0.276 e. The van der Waals surface area contributed by atoms with Crippen molar-refractivity contribution in [2.75, 3.05) is 0 Å². The minimum atomic E-state index is -0.493. The topological polar surface area (TPSA) is 87.0 Å². The van der Waals surface area contributed by atoms with Gasteiger partial charge in [0.05, 0.1) is 30.9 Å². The summed E-state index contributed by atoms with van der Waals surface area (Å²) in [5.74, 6) is 1.39. The van der Waals surface area contributed by atoms with Crippen molar-refractivity contribution in [3.8, 4) is 10.4 Å². The van der Waals surface area contributed by atoms with Crippen LogP contribution in [0.3, 0.4) is 0 Å². The normalized spacial score (nSPS) is 13.8. The number of aryl methyl sites for hydroxylation is 1. The van der Waals surface area contributed by atoms with Crippen molar-refractivity contribution in [2.24, 2.45) is 11.8 Å². The molecule has 7 nitrogen and oxygen atoms in total. The molecule has 1 unspecified atom stereocenters. The summed E-state index contributed by atoms with van der Waals surface area (Å²) in [7, 11) is 0. The van der Waals surface area contributed by atoms with E-state index in [2.05, 4.69) is 68.6 Å². The van der Waals surface area contributed by atoms with Crippen molar-refractivity contribution < 1.29 is 9.55 Å². The van der Waals surface area contributed by atoms with E-state index in [1.54, 1.807) is 17.4 Å². The third-order valence-corrected chi connectivity index (χ3v) is 10.9. The van der Waals surface area contributed by atoms with Crippen LogP contribution < -0.4 is 0 Å². The van der Waals surface area contributed by atoms with E-state index in [9.17, 15) is 10.1 Å². The Bertz CT molecular complexity index is 1720. The molecule has 41 heavy (non-hydrogen) atoms. The third kappa shape index (κ3) is 5.67. The molecule has 5 aromatic rings. The lowest BCUT2D eigenvalue weighted by molar-refractivity contribution is -0.385. The SMILES string of the molecule is CC(C)CCCC(C)CCn1c2cc(-c3cc([N+](=O)[O-])c(C(C)(C)C)c4nonc34)sc2c2sc(C(C)(C)C)cc21. The maximum absolute atomic E-state index is 12.3. The first-order valence-electron chi connectivity index (χ1n) is 14.7. The lowest BCUT2D eigenvalue weighted by atomic mass is 9.84. The molecule has 1 atom stereocenters. The number of rotatable bonds is 9. The van der Waals surface area contributed by atoms with E-state index in [-0.39, 0.29) is 16.0 Å². The van der Waals surface area contributed by atoms with Gasteiger partial charge in [0, 0.05) is 27.9 Å². The number of hydrogen-bond acceptors (Lipinski definition) is 7. The highest BCUT2D eigenvalue weighted by molar-refractivity contribution is 7.29. The van der Waals surface area contributed by atoms with Gasteiger partial charge in [-0.1, -0.05) is 81.6 Å². The first-order valence-corrected chi connectivity index (χ1v) is 16.3. The van der Waals surface area contributed by atoms with E-state index < -0.39 is 5.41 Å². The molecule has 0 N–H and O–H groups in total. The zero-order valence-corrected chi connectivity index (χ0v) is 27.4. The largest absolute Gasteiger partial charge is 0.339 e. The van der Waals surface area contributed by atoms with Crippen LogP contribution in [0.5, 0.6) is 0 Å². The number of aromatic nitrogens is 3. The minimum Gasteiger partial charge on any atom is -0.339 e. The summed E-state index contributed by atoms with van der Waals surface area (Å²) in [6, 6.07) is 6.24. The number of nitro groups is 1. The molecule has 4 aromatic heterocycles. The van der Waals surface area contributed by atoms with Gasteiger partial charge < -0.3 is 4.57 Å². The average molecular weight is 595 g/mol. The fraction of sp³-hybridized carbons (Fsp3) is 0.562. The van der Waals surface area contributed by atoms with Gasteiger partial charge >= 0.3 is 0 Å². The highest BCUT2D eigenvalue weighted by atomic mass is 32.1. The summed E-state index contributed by atoms with van der Waals surface area (Å²) in [6.45, 7) is 20.6. The number of nitrogens with zero attached hydrogens (tertiary/aromatic N) is 4. The van der Waals surface area contributed by atoms with Crippen molar-refractivity contribution in [2.45, 2.75) is 105 Å². The molecule has 0 saturated heterocycles. The molecule has 5 rings (SSSR count). The molecule has 0 bridgehead atoms. The Morgan fingerprint density at radius 3 is 2.20 bits per heavy atom. The lowest BCUT2D eigenvalue weighted by Gasteiger charge is -2.19. The molecule has 0 aliphatic heterocycles.